The standard InChI is InChI=1S/C14H27NO4/c1-10(9-19-5)6-12(16)15-8-11(13(17)18)7-14(2,3)4/h10-11H,6-9H2,1-5H3,(H,15,16)(H,17,18). The van der Waals surface area contributed by atoms with Crippen LogP contribution in [0.2, 0.25) is 0 Å². The molecule has 0 saturated heterocycles. The highest BCUT2D eigenvalue weighted by molar-refractivity contribution is 5.77. The molecule has 0 spiro atoms. The van der Waals surface area contributed by atoms with E-state index in [0.717, 1.165) is 0 Å². The van der Waals surface area contributed by atoms with Gasteiger partial charge in [-0.3, -0.25) is 9.59 Å². The van der Waals surface area contributed by atoms with E-state index in [1.807, 2.05) is 27.7 Å². The zero-order valence-electron chi connectivity index (χ0n) is 12.7. The Labute approximate surface area is 115 Å². The summed E-state index contributed by atoms with van der Waals surface area (Å²) in [7, 11) is 1.60. The van der Waals surface area contributed by atoms with Crippen LogP contribution in [0.1, 0.15) is 40.5 Å². The molecule has 0 heterocycles. The van der Waals surface area contributed by atoms with E-state index in [2.05, 4.69) is 5.32 Å². The first-order chi connectivity index (χ1) is 8.65. The van der Waals surface area contributed by atoms with Crippen LogP contribution in [0.5, 0.6) is 0 Å². The number of aliphatic carboxylic acids is 1. The van der Waals surface area contributed by atoms with E-state index in [0.29, 0.717) is 19.4 Å². The van der Waals surface area contributed by atoms with Gasteiger partial charge >= 0.3 is 5.97 Å². The lowest BCUT2D eigenvalue weighted by Crippen LogP contribution is -2.35. The Hall–Kier alpha value is -1.10. The van der Waals surface area contributed by atoms with Crippen molar-refractivity contribution in [1.29, 1.82) is 0 Å². The third-order valence-electron chi connectivity index (χ3n) is 2.74. The Morgan fingerprint density at radius 3 is 2.32 bits per heavy atom. The molecule has 0 aliphatic rings. The highest BCUT2D eigenvalue weighted by Gasteiger charge is 2.25. The maximum atomic E-state index is 11.7. The molecule has 2 unspecified atom stereocenters. The van der Waals surface area contributed by atoms with Gasteiger partial charge in [0.15, 0.2) is 0 Å². The topological polar surface area (TPSA) is 75.6 Å². The molecule has 2 atom stereocenters. The van der Waals surface area contributed by atoms with Crippen LogP contribution in [0.4, 0.5) is 0 Å². The molecule has 0 rings (SSSR count). The van der Waals surface area contributed by atoms with E-state index in [-0.39, 0.29) is 23.8 Å². The molecule has 19 heavy (non-hydrogen) atoms. The Bertz CT molecular complexity index is 296. The number of carboxylic acids is 1. The fourth-order valence-electron chi connectivity index (χ4n) is 1.96. The van der Waals surface area contributed by atoms with E-state index >= 15 is 0 Å². The lowest BCUT2D eigenvalue weighted by Gasteiger charge is -2.23. The second-order valence-electron chi connectivity index (χ2n) is 6.37. The van der Waals surface area contributed by atoms with Gasteiger partial charge in [0.1, 0.15) is 0 Å². The van der Waals surface area contributed by atoms with Crippen LogP contribution in [0.15, 0.2) is 0 Å². The summed E-state index contributed by atoms with van der Waals surface area (Å²) >= 11 is 0. The van der Waals surface area contributed by atoms with Crippen molar-refractivity contribution in [3.63, 3.8) is 0 Å². The zero-order chi connectivity index (χ0) is 15.1. The second-order valence-corrected chi connectivity index (χ2v) is 6.37. The Balaban J connectivity index is 4.18. The van der Waals surface area contributed by atoms with Crippen LogP contribution < -0.4 is 5.32 Å². The van der Waals surface area contributed by atoms with Gasteiger partial charge in [-0.1, -0.05) is 27.7 Å². The second kappa shape index (κ2) is 8.15. The van der Waals surface area contributed by atoms with Crippen LogP contribution in [0, 0.1) is 17.3 Å². The predicted octanol–water partition coefficient (Wildman–Crippen LogP) is 1.91. The van der Waals surface area contributed by atoms with Crippen molar-refractivity contribution in [2.45, 2.75) is 40.5 Å². The van der Waals surface area contributed by atoms with E-state index in [1.165, 1.54) is 0 Å². The maximum Gasteiger partial charge on any atom is 0.308 e. The first-order valence-corrected chi connectivity index (χ1v) is 6.64. The van der Waals surface area contributed by atoms with Crippen molar-refractivity contribution in [3.8, 4) is 0 Å². The van der Waals surface area contributed by atoms with Crippen molar-refractivity contribution in [2.75, 3.05) is 20.3 Å². The van der Waals surface area contributed by atoms with Gasteiger partial charge in [0.2, 0.25) is 5.91 Å². The molecule has 1 amide bonds. The molecule has 5 nitrogen and oxygen atoms in total. The number of carboxylic acid groups (broad SMARTS) is 1. The highest BCUT2D eigenvalue weighted by atomic mass is 16.5. The molecule has 5 heteroatoms. The quantitative estimate of drug-likeness (QED) is 0.708. The van der Waals surface area contributed by atoms with Gasteiger partial charge < -0.3 is 15.2 Å². The average molecular weight is 273 g/mol. The van der Waals surface area contributed by atoms with Crippen molar-refractivity contribution < 1.29 is 19.4 Å². The molecule has 0 saturated carbocycles. The fraction of sp³-hybridized carbons (Fsp3) is 0.857. The summed E-state index contributed by atoms with van der Waals surface area (Å²) in [5.74, 6) is -1.39. The molecule has 0 aromatic carbocycles. The minimum atomic E-state index is -0.861. The third kappa shape index (κ3) is 9.47. The molecule has 0 aliphatic heterocycles. The molecule has 0 aromatic heterocycles. The number of hydrogen-bond donors (Lipinski definition) is 2. The molecule has 0 aliphatic carbocycles. The van der Waals surface area contributed by atoms with E-state index in [4.69, 9.17) is 9.84 Å². The van der Waals surface area contributed by atoms with Gasteiger partial charge in [0.05, 0.1) is 5.92 Å². The van der Waals surface area contributed by atoms with Crippen LogP contribution in [0.3, 0.4) is 0 Å². The van der Waals surface area contributed by atoms with Gasteiger partial charge in [-0.25, -0.2) is 0 Å². The number of ether oxygens (including phenoxy) is 1. The Morgan fingerprint density at radius 1 is 1.32 bits per heavy atom. The first-order valence-electron chi connectivity index (χ1n) is 6.64. The summed E-state index contributed by atoms with van der Waals surface area (Å²) in [6.45, 7) is 8.61. The summed E-state index contributed by atoms with van der Waals surface area (Å²) in [5.41, 5.74) is -0.0723. The summed E-state index contributed by atoms with van der Waals surface area (Å²) in [6.07, 6.45) is 0.895. The monoisotopic (exact) mass is 273 g/mol. The first kappa shape index (κ1) is 17.9. The molecule has 112 valence electrons. The summed E-state index contributed by atoms with van der Waals surface area (Å²) in [4.78, 5) is 22.8. The Morgan fingerprint density at radius 2 is 1.89 bits per heavy atom. The van der Waals surface area contributed by atoms with Crippen molar-refractivity contribution in [3.05, 3.63) is 0 Å². The van der Waals surface area contributed by atoms with Gasteiger partial charge in [-0.05, 0) is 17.8 Å². The van der Waals surface area contributed by atoms with Crippen LogP contribution in [0.25, 0.3) is 0 Å². The van der Waals surface area contributed by atoms with Crippen LogP contribution >= 0.6 is 0 Å². The van der Waals surface area contributed by atoms with Crippen molar-refractivity contribution in [1.82, 2.24) is 5.32 Å². The van der Waals surface area contributed by atoms with Gasteiger partial charge in [-0.2, -0.15) is 0 Å². The average Bonchev–Trinajstić information content (AvgIpc) is 2.22. The lowest BCUT2D eigenvalue weighted by molar-refractivity contribution is -0.142. The van der Waals surface area contributed by atoms with Crippen molar-refractivity contribution >= 4 is 11.9 Å². The number of carbonyl (C=O) groups is 2. The van der Waals surface area contributed by atoms with E-state index in [1.54, 1.807) is 7.11 Å². The van der Waals surface area contributed by atoms with Gasteiger partial charge in [0.25, 0.3) is 0 Å². The van der Waals surface area contributed by atoms with Crippen molar-refractivity contribution in [2.24, 2.45) is 17.3 Å². The van der Waals surface area contributed by atoms with Crippen LogP contribution in [-0.4, -0.2) is 37.2 Å². The summed E-state index contributed by atoms with van der Waals surface area (Å²) < 4.78 is 4.96. The van der Waals surface area contributed by atoms with Crippen LogP contribution in [-0.2, 0) is 14.3 Å². The molecule has 0 radical (unpaired) electrons. The summed E-state index contributed by atoms with van der Waals surface area (Å²) in [6, 6.07) is 0. The normalized spacial score (nSPS) is 14.8. The number of hydrogen-bond acceptors (Lipinski definition) is 3. The summed E-state index contributed by atoms with van der Waals surface area (Å²) in [5, 5.41) is 11.8. The Kier molecular flexibility index (Phi) is 7.68. The lowest BCUT2D eigenvalue weighted by atomic mass is 9.84. The number of rotatable bonds is 8. The molecule has 0 bridgehead atoms. The number of methoxy groups -OCH3 is 1. The number of amides is 1. The molecular formula is C14H27NO4. The predicted molar refractivity (Wildman–Crippen MR) is 73.9 cm³/mol. The molecular weight excluding hydrogens is 246 g/mol. The number of carbonyl (C=O) groups excluding carboxylic acids is 1. The van der Waals surface area contributed by atoms with E-state index < -0.39 is 11.9 Å². The number of nitrogens with one attached hydrogen (secondary N) is 1. The molecule has 0 fully saturated rings. The zero-order valence-corrected chi connectivity index (χ0v) is 12.7. The van der Waals surface area contributed by atoms with Gasteiger partial charge in [0, 0.05) is 26.7 Å². The third-order valence-corrected chi connectivity index (χ3v) is 2.74. The molecule has 2 N–H and O–H groups in total. The van der Waals surface area contributed by atoms with Gasteiger partial charge in [-0.15, -0.1) is 0 Å². The smallest absolute Gasteiger partial charge is 0.308 e. The SMILES string of the molecule is COCC(C)CC(=O)NCC(CC(C)(C)C)C(=O)O. The highest BCUT2D eigenvalue weighted by Crippen LogP contribution is 2.24. The fourth-order valence-corrected chi connectivity index (χ4v) is 1.96. The van der Waals surface area contributed by atoms with E-state index in [9.17, 15) is 9.59 Å². The minimum Gasteiger partial charge on any atom is -0.481 e. The minimum absolute atomic E-state index is 0.0723. The molecule has 0 aromatic rings. The maximum absolute atomic E-state index is 11.7. The largest absolute Gasteiger partial charge is 0.481 e.